The van der Waals surface area contributed by atoms with Crippen molar-refractivity contribution in [3.05, 3.63) is 69.8 Å². The zero-order chi connectivity index (χ0) is 16.1. The maximum Gasteiger partial charge on any atom is 0.271 e. The van der Waals surface area contributed by atoms with Gasteiger partial charge in [-0.1, -0.05) is 6.07 Å². The average Bonchev–Trinajstić information content (AvgIpc) is 2.52. The van der Waals surface area contributed by atoms with Crippen LogP contribution in [0.4, 0.5) is 5.69 Å². The number of carbonyl (C=O) groups is 1. The molecule has 0 aromatic heterocycles. The van der Waals surface area contributed by atoms with Crippen LogP contribution in [0.2, 0.25) is 0 Å². The summed E-state index contributed by atoms with van der Waals surface area (Å²) in [5, 5.41) is 23.8. The number of benzene rings is 2. The first-order chi connectivity index (χ1) is 10.5. The van der Waals surface area contributed by atoms with Crippen LogP contribution >= 0.6 is 0 Å². The lowest BCUT2D eigenvalue weighted by Crippen LogP contribution is -2.19. The van der Waals surface area contributed by atoms with Gasteiger partial charge in [-0.05, 0) is 42.8 Å². The summed E-state index contributed by atoms with van der Waals surface area (Å²) < 4.78 is 0. The topological polar surface area (TPSA) is 105 Å². The molecule has 0 radical (unpaired) electrons. The van der Waals surface area contributed by atoms with Crippen molar-refractivity contribution in [3.63, 3.8) is 0 Å². The SMILES string of the molecule is C/C(=N/NC(=O)c1cccc(O)c1)c1ccc([N+](=O)[O-])cc1. The number of phenolic OH excluding ortho intramolecular Hbond substituents is 1. The molecule has 0 fully saturated rings. The molecule has 22 heavy (non-hydrogen) atoms. The van der Waals surface area contributed by atoms with Gasteiger partial charge in [0.2, 0.25) is 0 Å². The molecule has 0 saturated heterocycles. The molecule has 0 aliphatic heterocycles. The number of hydrogen-bond acceptors (Lipinski definition) is 5. The van der Waals surface area contributed by atoms with Crippen LogP contribution < -0.4 is 5.43 Å². The Balaban J connectivity index is 2.09. The van der Waals surface area contributed by atoms with Crippen LogP contribution in [0.1, 0.15) is 22.8 Å². The predicted molar refractivity (Wildman–Crippen MR) is 80.9 cm³/mol. The summed E-state index contributed by atoms with van der Waals surface area (Å²) >= 11 is 0. The van der Waals surface area contributed by atoms with Crippen molar-refractivity contribution in [2.45, 2.75) is 6.92 Å². The normalized spacial score (nSPS) is 11.0. The zero-order valence-electron chi connectivity index (χ0n) is 11.7. The van der Waals surface area contributed by atoms with E-state index in [0.717, 1.165) is 0 Å². The van der Waals surface area contributed by atoms with E-state index in [1.807, 2.05) is 0 Å². The number of carbonyl (C=O) groups excluding carboxylic acids is 1. The van der Waals surface area contributed by atoms with Gasteiger partial charge in [-0.2, -0.15) is 5.10 Å². The third-order valence-electron chi connectivity index (χ3n) is 2.93. The molecule has 1 amide bonds. The fourth-order valence-electron chi connectivity index (χ4n) is 1.74. The molecule has 0 saturated carbocycles. The quantitative estimate of drug-likeness (QED) is 0.514. The van der Waals surface area contributed by atoms with Crippen LogP contribution in [-0.4, -0.2) is 21.6 Å². The van der Waals surface area contributed by atoms with E-state index in [2.05, 4.69) is 10.5 Å². The Morgan fingerprint density at radius 2 is 1.86 bits per heavy atom. The molecule has 0 bridgehead atoms. The lowest BCUT2D eigenvalue weighted by atomic mass is 10.1. The molecule has 2 N–H and O–H groups in total. The number of rotatable bonds is 4. The van der Waals surface area contributed by atoms with Gasteiger partial charge in [-0.15, -0.1) is 0 Å². The number of aromatic hydroxyl groups is 1. The summed E-state index contributed by atoms with van der Waals surface area (Å²) in [7, 11) is 0. The Hall–Kier alpha value is -3.22. The van der Waals surface area contributed by atoms with E-state index in [4.69, 9.17) is 0 Å². The molecular weight excluding hydrogens is 286 g/mol. The summed E-state index contributed by atoms with van der Waals surface area (Å²) in [6.45, 7) is 1.67. The summed E-state index contributed by atoms with van der Waals surface area (Å²) in [4.78, 5) is 22.0. The highest BCUT2D eigenvalue weighted by Gasteiger charge is 2.07. The Morgan fingerprint density at radius 3 is 2.45 bits per heavy atom. The molecule has 0 aliphatic carbocycles. The molecule has 2 aromatic carbocycles. The van der Waals surface area contributed by atoms with Gasteiger partial charge in [0.05, 0.1) is 10.6 Å². The van der Waals surface area contributed by atoms with Gasteiger partial charge in [-0.3, -0.25) is 14.9 Å². The van der Waals surface area contributed by atoms with Gasteiger partial charge in [0.15, 0.2) is 0 Å². The zero-order valence-corrected chi connectivity index (χ0v) is 11.7. The van der Waals surface area contributed by atoms with Crippen LogP contribution in [-0.2, 0) is 0 Å². The molecule has 0 unspecified atom stereocenters. The number of nitrogens with one attached hydrogen (secondary N) is 1. The van der Waals surface area contributed by atoms with Crippen molar-refractivity contribution in [1.29, 1.82) is 0 Å². The summed E-state index contributed by atoms with van der Waals surface area (Å²) in [5.41, 5.74) is 3.79. The van der Waals surface area contributed by atoms with E-state index >= 15 is 0 Å². The minimum atomic E-state index is -0.486. The molecule has 0 heterocycles. The van der Waals surface area contributed by atoms with Crippen molar-refractivity contribution in [2.75, 3.05) is 0 Å². The summed E-state index contributed by atoms with van der Waals surface area (Å²) in [5.74, 6) is -0.471. The second-order valence-corrected chi connectivity index (χ2v) is 4.49. The van der Waals surface area contributed by atoms with Crippen molar-refractivity contribution >= 4 is 17.3 Å². The van der Waals surface area contributed by atoms with Crippen LogP contribution in [0.3, 0.4) is 0 Å². The number of phenols is 1. The van der Waals surface area contributed by atoms with Crippen LogP contribution in [0.5, 0.6) is 5.75 Å². The van der Waals surface area contributed by atoms with Gasteiger partial charge in [0.1, 0.15) is 5.75 Å². The molecule has 7 nitrogen and oxygen atoms in total. The number of nitro benzene ring substituents is 1. The number of nitrogens with zero attached hydrogens (tertiary/aromatic N) is 2. The fourth-order valence-corrected chi connectivity index (χ4v) is 1.74. The van der Waals surface area contributed by atoms with Crippen molar-refractivity contribution in [2.24, 2.45) is 5.10 Å². The molecule has 2 aromatic rings. The Bertz CT molecular complexity index is 739. The minimum Gasteiger partial charge on any atom is -0.508 e. The lowest BCUT2D eigenvalue weighted by molar-refractivity contribution is -0.384. The molecule has 7 heteroatoms. The van der Waals surface area contributed by atoms with Gasteiger partial charge in [-0.25, -0.2) is 5.43 Å². The molecule has 112 valence electrons. The van der Waals surface area contributed by atoms with Gasteiger partial charge >= 0.3 is 0 Å². The summed E-state index contributed by atoms with van der Waals surface area (Å²) in [6, 6.07) is 11.7. The molecule has 0 aliphatic rings. The second kappa shape index (κ2) is 6.49. The van der Waals surface area contributed by atoms with Crippen LogP contribution in [0.25, 0.3) is 0 Å². The Labute approximate surface area is 126 Å². The van der Waals surface area contributed by atoms with Crippen molar-refractivity contribution < 1.29 is 14.8 Å². The van der Waals surface area contributed by atoms with E-state index in [-0.39, 0.29) is 17.0 Å². The first-order valence-corrected chi connectivity index (χ1v) is 6.36. The first-order valence-electron chi connectivity index (χ1n) is 6.36. The van der Waals surface area contributed by atoms with E-state index in [9.17, 15) is 20.0 Å². The van der Waals surface area contributed by atoms with Crippen LogP contribution in [0, 0.1) is 10.1 Å². The van der Waals surface area contributed by atoms with E-state index < -0.39 is 10.8 Å². The van der Waals surface area contributed by atoms with Gasteiger partial charge in [0.25, 0.3) is 11.6 Å². The van der Waals surface area contributed by atoms with E-state index in [1.54, 1.807) is 31.2 Å². The number of hydrogen-bond donors (Lipinski definition) is 2. The number of amides is 1. The number of nitro groups is 1. The Kier molecular flexibility index (Phi) is 4.47. The van der Waals surface area contributed by atoms with Crippen molar-refractivity contribution in [3.8, 4) is 5.75 Å². The van der Waals surface area contributed by atoms with E-state index in [0.29, 0.717) is 11.3 Å². The number of non-ortho nitro benzene ring substituents is 1. The fraction of sp³-hybridized carbons (Fsp3) is 0.0667. The first kappa shape index (κ1) is 15.2. The van der Waals surface area contributed by atoms with Gasteiger partial charge in [0, 0.05) is 17.7 Å². The largest absolute Gasteiger partial charge is 0.508 e. The van der Waals surface area contributed by atoms with Gasteiger partial charge < -0.3 is 5.11 Å². The maximum absolute atomic E-state index is 11.9. The highest BCUT2D eigenvalue weighted by Crippen LogP contribution is 2.13. The standard InChI is InChI=1S/C15H13N3O4/c1-10(11-5-7-13(8-6-11)18(21)22)16-17-15(20)12-3-2-4-14(19)9-12/h2-9,19H,1H3,(H,17,20)/b16-10-. The minimum absolute atomic E-state index is 0.0104. The van der Waals surface area contributed by atoms with Crippen LogP contribution in [0.15, 0.2) is 53.6 Å². The molecule has 0 atom stereocenters. The lowest BCUT2D eigenvalue weighted by Gasteiger charge is -2.03. The third kappa shape index (κ3) is 3.66. The second-order valence-electron chi connectivity index (χ2n) is 4.49. The average molecular weight is 299 g/mol. The van der Waals surface area contributed by atoms with E-state index in [1.165, 1.54) is 24.3 Å². The third-order valence-corrected chi connectivity index (χ3v) is 2.93. The summed E-state index contributed by atoms with van der Waals surface area (Å²) in [6.07, 6.45) is 0. The number of hydrazone groups is 1. The maximum atomic E-state index is 11.9. The molecule has 2 rings (SSSR count). The Morgan fingerprint density at radius 1 is 1.18 bits per heavy atom. The monoisotopic (exact) mass is 299 g/mol. The highest BCUT2D eigenvalue weighted by molar-refractivity contribution is 6.01. The highest BCUT2D eigenvalue weighted by atomic mass is 16.6. The molecular formula is C15H13N3O4. The predicted octanol–water partition coefficient (Wildman–Crippen LogP) is 2.45. The molecule has 0 spiro atoms. The van der Waals surface area contributed by atoms with Crippen molar-refractivity contribution in [1.82, 2.24) is 5.43 Å². The smallest absolute Gasteiger partial charge is 0.271 e.